The molecular formula is C27H27ClO4S. The predicted molar refractivity (Wildman–Crippen MR) is 131 cm³/mol. The van der Waals surface area contributed by atoms with Gasteiger partial charge in [0.1, 0.15) is 17.1 Å². The van der Waals surface area contributed by atoms with Crippen LogP contribution in [-0.2, 0) is 33.1 Å². The predicted octanol–water partition coefficient (Wildman–Crippen LogP) is 5.95. The quantitative estimate of drug-likeness (QED) is 0.378. The van der Waals surface area contributed by atoms with E-state index in [-0.39, 0.29) is 23.6 Å². The number of hydrogen-bond donors (Lipinski definition) is 0. The molecule has 0 heterocycles. The van der Waals surface area contributed by atoms with Crippen molar-refractivity contribution in [1.29, 1.82) is 0 Å². The van der Waals surface area contributed by atoms with E-state index < -0.39 is 9.84 Å². The van der Waals surface area contributed by atoms with Crippen LogP contribution >= 0.6 is 11.6 Å². The fourth-order valence-corrected chi connectivity index (χ4v) is 5.11. The highest BCUT2D eigenvalue weighted by atomic mass is 35.5. The summed E-state index contributed by atoms with van der Waals surface area (Å²) in [7, 11) is -3.23. The molecule has 3 aromatic carbocycles. The molecular weight excluding hydrogens is 456 g/mol. The van der Waals surface area contributed by atoms with E-state index in [4.69, 9.17) is 16.3 Å². The maximum Gasteiger partial charge on any atom is 0.178 e. The number of Topliss-reactive ketones (excluding diaryl/α,β-unsaturated/α-hetero) is 1. The molecule has 0 aliphatic heterocycles. The first-order chi connectivity index (χ1) is 15.8. The summed E-state index contributed by atoms with van der Waals surface area (Å²) in [6, 6.07) is 22.1. The third kappa shape index (κ3) is 5.48. The summed E-state index contributed by atoms with van der Waals surface area (Å²) in [5.41, 5.74) is 2.56. The Kier molecular flexibility index (Phi) is 6.91. The summed E-state index contributed by atoms with van der Waals surface area (Å²) in [4.78, 5) is 12.8. The number of carbonyl (C=O) groups is 1. The Morgan fingerprint density at radius 1 is 0.879 bits per heavy atom. The van der Waals surface area contributed by atoms with Crippen LogP contribution in [-0.4, -0.2) is 20.0 Å². The highest BCUT2D eigenvalue weighted by molar-refractivity contribution is 7.91. The monoisotopic (exact) mass is 482 g/mol. The highest BCUT2D eigenvalue weighted by Crippen LogP contribution is 2.45. The number of benzene rings is 3. The molecule has 4 nitrogen and oxygen atoms in total. The molecule has 3 aromatic rings. The molecule has 0 atom stereocenters. The van der Waals surface area contributed by atoms with E-state index in [1.165, 1.54) is 0 Å². The zero-order chi connectivity index (χ0) is 23.5. The van der Waals surface area contributed by atoms with E-state index in [0.717, 1.165) is 41.7 Å². The van der Waals surface area contributed by atoms with Crippen LogP contribution < -0.4 is 4.74 Å². The van der Waals surface area contributed by atoms with Gasteiger partial charge in [0, 0.05) is 17.9 Å². The summed E-state index contributed by atoms with van der Waals surface area (Å²) >= 11 is 6.03. The van der Waals surface area contributed by atoms with Crippen molar-refractivity contribution in [1.82, 2.24) is 0 Å². The molecule has 0 bridgehead atoms. The van der Waals surface area contributed by atoms with Crippen LogP contribution in [0.25, 0.3) is 0 Å². The zero-order valence-electron chi connectivity index (χ0n) is 18.6. The number of ketones is 1. The van der Waals surface area contributed by atoms with Crippen molar-refractivity contribution >= 4 is 27.2 Å². The molecule has 1 aliphatic carbocycles. The minimum Gasteiger partial charge on any atom is -0.483 e. The topological polar surface area (TPSA) is 60.4 Å². The molecule has 1 fully saturated rings. The van der Waals surface area contributed by atoms with Crippen molar-refractivity contribution in [2.24, 2.45) is 0 Å². The lowest BCUT2D eigenvalue weighted by atomic mass is 9.75. The molecule has 0 saturated heterocycles. The molecule has 172 valence electrons. The van der Waals surface area contributed by atoms with Gasteiger partial charge in [0.2, 0.25) is 0 Å². The van der Waals surface area contributed by atoms with E-state index >= 15 is 0 Å². The van der Waals surface area contributed by atoms with Crippen molar-refractivity contribution in [3.63, 3.8) is 0 Å². The fraction of sp³-hybridized carbons (Fsp3) is 0.296. The fourth-order valence-electron chi connectivity index (χ4n) is 4.10. The lowest BCUT2D eigenvalue weighted by Crippen LogP contribution is -2.40. The second-order valence-corrected chi connectivity index (χ2v) is 11.3. The highest BCUT2D eigenvalue weighted by Gasteiger charge is 2.41. The third-order valence-corrected chi connectivity index (χ3v) is 8.24. The van der Waals surface area contributed by atoms with Gasteiger partial charge in [-0.3, -0.25) is 4.79 Å². The van der Waals surface area contributed by atoms with Crippen molar-refractivity contribution in [2.75, 3.05) is 5.75 Å². The molecule has 0 N–H and O–H groups in total. The van der Waals surface area contributed by atoms with Gasteiger partial charge in [-0.1, -0.05) is 54.9 Å². The van der Waals surface area contributed by atoms with Gasteiger partial charge in [0.15, 0.2) is 9.84 Å². The third-order valence-electron chi connectivity index (χ3n) is 6.23. The van der Waals surface area contributed by atoms with Gasteiger partial charge in [0.25, 0.3) is 0 Å². The Morgan fingerprint density at radius 3 is 1.91 bits per heavy atom. The van der Waals surface area contributed by atoms with Crippen molar-refractivity contribution in [3.05, 3.63) is 94.5 Å². The Hall–Kier alpha value is -2.63. The number of carbonyl (C=O) groups excluding carboxylic acids is 1. The lowest BCUT2D eigenvalue weighted by molar-refractivity contribution is -0.117. The first-order valence-electron chi connectivity index (χ1n) is 11.2. The van der Waals surface area contributed by atoms with Crippen molar-refractivity contribution < 1.29 is 17.9 Å². The average Bonchev–Trinajstić information content (AvgIpc) is 2.78. The summed E-state index contributed by atoms with van der Waals surface area (Å²) in [6.45, 7) is 1.62. The van der Waals surface area contributed by atoms with Crippen molar-refractivity contribution in [3.8, 4) is 5.75 Å². The van der Waals surface area contributed by atoms with Gasteiger partial charge < -0.3 is 4.74 Å². The van der Waals surface area contributed by atoms with E-state index in [0.29, 0.717) is 16.3 Å². The number of hydrogen-bond acceptors (Lipinski definition) is 4. The van der Waals surface area contributed by atoms with Gasteiger partial charge in [0.05, 0.1) is 10.6 Å². The molecule has 6 heteroatoms. The molecule has 0 radical (unpaired) electrons. The maximum atomic E-state index is 12.5. The second-order valence-electron chi connectivity index (χ2n) is 8.54. The lowest BCUT2D eigenvalue weighted by Gasteiger charge is -2.42. The largest absolute Gasteiger partial charge is 0.483 e. The molecule has 33 heavy (non-hydrogen) atoms. The first-order valence-corrected chi connectivity index (χ1v) is 13.2. The van der Waals surface area contributed by atoms with E-state index in [1.54, 1.807) is 31.2 Å². The number of ether oxygens (including phenoxy) is 1. The number of halogens is 1. The van der Waals surface area contributed by atoms with E-state index in [9.17, 15) is 13.2 Å². The maximum absolute atomic E-state index is 12.5. The van der Waals surface area contributed by atoms with Crippen LogP contribution in [0.15, 0.2) is 77.7 Å². The van der Waals surface area contributed by atoms with Crippen LogP contribution in [0.5, 0.6) is 5.75 Å². The van der Waals surface area contributed by atoms with Gasteiger partial charge >= 0.3 is 0 Å². The minimum atomic E-state index is -3.23. The van der Waals surface area contributed by atoms with Crippen molar-refractivity contribution in [2.45, 2.75) is 49.5 Å². The number of sulfone groups is 1. The standard InChI is InChI=1S/C27H27ClO4S/c1-2-33(30,31)26-14-6-21(7-15-26)19-24(29)18-20-4-12-25(13-5-20)32-27(16-3-17-27)22-8-10-23(28)11-9-22/h4-15H,2-3,16-19H2,1H3. The van der Waals surface area contributed by atoms with Crippen LogP contribution in [0.3, 0.4) is 0 Å². The molecule has 0 unspecified atom stereocenters. The van der Waals surface area contributed by atoms with Gasteiger partial charge in [-0.15, -0.1) is 0 Å². The Morgan fingerprint density at radius 2 is 1.42 bits per heavy atom. The minimum absolute atomic E-state index is 0.0613. The normalized spacial score (nSPS) is 15.0. The molecule has 4 rings (SSSR count). The first kappa shape index (κ1) is 23.5. The average molecular weight is 483 g/mol. The van der Waals surface area contributed by atoms with Crippen LogP contribution in [0, 0.1) is 0 Å². The molecule has 1 aliphatic rings. The summed E-state index contributed by atoms with van der Waals surface area (Å²) in [5.74, 6) is 0.922. The smallest absolute Gasteiger partial charge is 0.178 e. The van der Waals surface area contributed by atoms with E-state index in [1.807, 2.05) is 48.5 Å². The van der Waals surface area contributed by atoms with Gasteiger partial charge in [-0.05, 0) is 72.4 Å². The molecule has 1 saturated carbocycles. The van der Waals surface area contributed by atoms with Crippen LogP contribution in [0.1, 0.15) is 42.9 Å². The Balaban J connectivity index is 1.36. The van der Waals surface area contributed by atoms with E-state index in [2.05, 4.69) is 0 Å². The summed E-state index contributed by atoms with van der Waals surface area (Å²) < 4.78 is 30.2. The van der Waals surface area contributed by atoms with Crippen LogP contribution in [0.4, 0.5) is 0 Å². The SMILES string of the molecule is CCS(=O)(=O)c1ccc(CC(=O)Cc2ccc(OC3(c4ccc(Cl)cc4)CCC3)cc2)cc1. The second kappa shape index (κ2) is 9.70. The van der Waals surface area contributed by atoms with Gasteiger partial charge in [-0.25, -0.2) is 8.42 Å². The zero-order valence-corrected chi connectivity index (χ0v) is 20.2. The number of rotatable bonds is 9. The summed E-state index contributed by atoms with van der Waals surface area (Å²) in [5, 5.41) is 0.712. The summed E-state index contributed by atoms with van der Waals surface area (Å²) in [6.07, 6.45) is 3.64. The van der Waals surface area contributed by atoms with Crippen LogP contribution in [0.2, 0.25) is 5.02 Å². The molecule has 0 aromatic heterocycles. The Labute approximate surface area is 200 Å². The van der Waals surface area contributed by atoms with Gasteiger partial charge in [-0.2, -0.15) is 0 Å². The molecule has 0 spiro atoms. The Bertz CT molecular complexity index is 1210. The molecule has 0 amide bonds.